The van der Waals surface area contributed by atoms with Crippen molar-refractivity contribution in [3.05, 3.63) is 71.8 Å². The van der Waals surface area contributed by atoms with Crippen LogP contribution in [-0.4, -0.2) is 65.9 Å². The first-order valence-corrected chi connectivity index (χ1v) is 12.3. The fourth-order valence-electron chi connectivity index (χ4n) is 3.60. The summed E-state index contributed by atoms with van der Waals surface area (Å²) in [5.41, 5.74) is 0.754. The van der Waals surface area contributed by atoms with Crippen LogP contribution in [0, 0.1) is 0 Å². The van der Waals surface area contributed by atoms with Crippen molar-refractivity contribution in [2.24, 2.45) is 0 Å². The van der Waals surface area contributed by atoms with Gasteiger partial charge in [-0.25, -0.2) is 9.59 Å². The minimum Gasteiger partial charge on any atom is -0.467 e. The van der Waals surface area contributed by atoms with E-state index >= 15 is 0 Å². The number of hydrogen-bond donors (Lipinski definition) is 4. The van der Waals surface area contributed by atoms with Crippen molar-refractivity contribution >= 4 is 23.9 Å². The van der Waals surface area contributed by atoms with Gasteiger partial charge in [-0.2, -0.15) is 0 Å². The van der Waals surface area contributed by atoms with E-state index in [0.29, 0.717) is 0 Å². The highest BCUT2D eigenvalue weighted by atomic mass is 16.6. The summed E-state index contributed by atoms with van der Waals surface area (Å²) < 4.78 is 10.0. The molecule has 0 fully saturated rings. The Morgan fingerprint density at radius 3 is 1.66 bits per heavy atom. The number of ether oxygens (including phenoxy) is 2. The topological polar surface area (TPSA) is 143 Å². The number of aliphatic hydroxyl groups is 1. The molecule has 2 rings (SSSR count). The molecule has 206 valence electrons. The quantitative estimate of drug-likeness (QED) is 0.327. The van der Waals surface area contributed by atoms with Crippen LogP contribution in [-0.2, 0) is 36.7 Å². The van der Waals surface area contributed by atoms with Gasteiger partial charge in [-0.1, -0.05) is 60.7 Å². The number of alkyl carbamates (subject to hydrolysis) is 1. The fraction of sp³-hybridized carbons (Fsp3) is 0.429. The Labute approximate surface area is 223 Å². The molecule has 0 spiro atoms. The third kappa shape index (κ3) is 10.2. The highest BCUT2D eigenvalue weighted by Crippen LogP contribution is 2.10. The maximum atomic E-state index is 13.5. The van der Waals surface area contributed by atoms with Gasteiger partial charge in [0, 0.05) is 12.8 Å². The van der Waals surface area contributed by atoms with Crippen LogP contribution in [0.25, 0.3) is 0 Å². The molecule has 2 aromatic carbocycles. The molecule has 0 aliphatic rings. The summed E-state index contributed by atoms with van der Waals surface area (Å²) in [6.07, 6.45) is -1.78. The Bertz CT molecular complexity index is 1070. The number of aliphatic hydroxyl groups excluding tert-OH is 1. The Hall–Kier alpha value is -3.92. The lowest BCUT2D eigenvalue weighted by Gasteiger charge is -2.27. The number of nitrogens with one attached hydrogen (secondary N) is 3. The van der Waals surface area contributed by atoms with Crippen molar-refractivity contribution < 1.29 is 33.8 Å². The van der Waals surface area contributed by atoms with Crippen LogP contribution >= 0.6 is 0 Å². The van der Waals surface area contributed by atoms with E-state index in [1.165, 1.54) is 6.92 Å². The van der Waals surface area contributed by atoms with E-state index in [9.17, 15) is 24.3 Å². The maximum Gasteiger partial charge on any atom is 0.408 e. The molecule has 38 heavy (non-hydrogen) atoms. The molecule has 0 aliphatic carbocycles. The van der Waals surface area contributed by atoms with Gasteiger partial charge in [0.15, 0.2) is 6.04 Å². The average molecular weight is 528 g/mol. The molecule has 2 aromatic rings. The lowest BCUT2D eigenvalue weighted by molar-refractivity contribution is -0.148. The van der Waals surface area contributed by atoms with Crippen molar-refractivity contribution in [3.63, 3.8) is 0 Å². The van der Waals surface area contributed by atoms with Gasteiger partial charge >= 0.3 is 12.1 Å². The summed E-state index contributed by atoms with van der Waals surface area (Å²) in [7, 11) is 1.14. The molecule has 0 saturated heterocycles. The van der Waals surface area contributed by atoms with E-state index in [1.807, 2.05) is 36.4 Å². The molecule has 0 bridgehead atoms. The van der Waals surface area contributed by atoms with E-state index in [2.05, 4.69) is 20.7 Å². The molecule has 0 aromatic heterocycles. The fourth-order valence-corrected chi connectivity index (χ4v) is 3.60. The largest absolute Gasteiger partial charge is 0.467 e. The van der Waals surface area contributed by atoms with Gasteiger partial charge in [0.05, 0.1) is 13.2 Å². The third-order valence-corrected chi connectivity index (χ3v) is 5.44. The molecule has 3 amide bonds. The predicted molar refractivity (Wildman–Crippen MR) is 141 cm³/mol. The Morgan fingerprint density at radius 1 is 0.789 bits per heavy atom. The molecular formula is C28H37N3O7. The molecule has 0 heterocycles. The number of carbonyl (C=O) groups is 4. The average Bonchev–Trinajstić information content (AvgIpc) is 2.85. The van der Waals surface area contributed by atoms with Gasteiger partial charge in [0.1, 0.15) is 17.7 Å². The maximum absolute atomic E-state index is 13.5. The van der Waals surface area contributed by atoms with E-state index in [4.69, 9.17) is 4.74 Å². The first kappa shape index (κ1) is 30.3. The molecule has 10 nitrogen and oxygen atoms in total. The molecule has 10 heteroatoms. The van der Waals surface area contributed by atoms with Crippen LogP contribution in [0.5, 0.6) is 0 Å². The molecule has 0 unspecified atom stereocenters. The summed E-state index contributed by atoms with van der Waals surface area (Å²) in [6.45, 7) is 6.46. The number of hydrogen-bond acceptors (Lipinski definition) is 7. The monoisotopic (exact) mass is 527 g/mol. The number of carbonyl (C=O) groups excluding carboxylic acids is 4. The number of benzene rings is 2. The summed E-state index contributed by atoms with van der Waals surface area (Å²) >= 11 is 0. The van der Waals surface area contributed by atoms with Crippen LogP contribution < -0.4 is 16.0 Å². The Balaban J connectivity index is 2.30. The predicted octanol–water partition coefficient (Wildman–Crippen LogP) is 1.89. The smallest absolute Gasteiger partial charge is 0.408 e. The summed E-state index contributed by atoms with van der Waals surface area (Å²) in [5.74, 6) is -2.15. The Morgan fingerprint density at radius 2 is 1.24 bits per heavy atom. The molecular weight excluding hydrogens is 490 g/mol. The zero-order chi connectivity index (χ0) is 28.3. The van der Waals surface area contributed by atoms with Gasteiger partial charge in [-0.05, 0) is 38.8 Å². The van der Waals surface area contributed by atoms with Crippen molar-refractivity contribution in [1.29, 1.82) is 0 Å². The van der Waals surface area contributed by atoms with Crippen LogP contribution in [0.3, 0.4) is 0 Å². The van der Waals surface area contributed by atoms with Gasteiger partial charge in [0.2, 0.25) is 11.8 Å². The second-order valence-corrected chi connectivity index (χ2v) is 9.89. The third-order valence-electron chi connectivity index (χ3n) is 5.44. The summed E-state index contributed by atoms with van der Waals surface area (Å²) in [6, 6.07) is 14.5. The molecule has 4 atom stereocenters. The van der Waals surface area contributed by atoms with Crippen molar-refractivity contribution in [2.75, 3.05) is 7.11 Å². The number of esters is 1. The second-order valence-electron chi connectivity index (χ2n) is 9.89. The van der Waals surface area contributed by atoms with Crippen LogP contribution in [0.2, 0.25) is 0 Å². The van der Waals surface area contributed by atoms with Crippen molar-refractivity contribution in [2.45, 2.75) is 70.4 Å². The minimum absolute atomic E-state index is 0.0939. The lowest BCUT2D eigenvalue weighted by Crippen LogP contribution is -2.58. The molecule has 4 N–H and O–H groups in total. The summed E-state index contributed by atoms with van der Waals surface area (Å²) in [4.78, 5) is 51.3. The molecule has 0 saturated carbocycles. The SMILES string of the molecule is COC(=O)[C@H](NC(=O)[C@H](Cc1ccccc1)NC(=O)[C@@H](Cc1ccccc1)NC(=O)OC(C)(C)C)[C@@H](C)O. The van der Waals surface area contributed by atoms with Crippen LogP contribution in [0.1, 0.15) is 38.8 Å². The first-order chi connectivity index (χ1) is 17.9. The van der Waals surface area contributed by atoms with Crippen LogP contribution in [0.4, 0.5) is 4.79 Å². The van der Waals surface area contributed by atoms with E-state index < -0.39 is 53.7 Å². The van der Waals surface area contributed by atoms with E-state index in [1.54, 1.807) is 45.0 Å². The van der Waals surface area contributed by atoms with Gasteiger partial charge in [-0.3, -0.25) is 9.59 Å². The highest BCUT2D eigenvalue weighted by Gasteiger charge is 2.32. The molecule has 0 radical (unpaired) electrons. The Kier molecular flexibility index (Phi) is 11.3. The lowest BCUT2D eigenvalue weighted by atomic mass is 10.0. The first-order valence-electron chi connectivity index (χ1n) is 12.3. The minimum atomic E-state index is -1.33. The summed E-state index contributed by atoms with van der Waals surface area (Å²) in [5, 5.41) is 17.8. The molecule has 0 aliphatic heterocycles. The van der Waals surface area contributed by atoms with Crippen molar-refractivity contribution in [1.82, 2.24) is 16.0 Å². The second kappa shape index (κ2) is 14.1. The van der Waals surface area contributed by atoms with E-state index in [0.717, 1.165) is 18.2 Å². The van der Waals surface area contributed by atoms with Gasteiger partial charge in [-0.15, -0.1) is 0 Å². The highest BCUT2D eigenvalue weighted by molar-refractivity contribution is 5.93. The van der Waals surface area contributed by atoms with Crippen molar-refractivity contribution in [3.8, 4) is 0 Å². The van der Waals surface area contributed by atoms with Crippen LogP contribution in [0.15, 0.2) is 60.7 Å². The zero-order valence-corrected chi connectivity index (χ0v) is 22.4. The van der Waals surface area contributed by atoms with Gasteiger partial charge in [0.25, 0.3) is 0 Å². The normalized spacial score (nSPS) is 14.3. The van der Waals surface area contributed by atoms with E-state index in [-0.39, 0.29) is 12.8 Å². The zero-order valence-electron chi connectivity index (χ0n) is 22.4. The number of methoxy groups -OCH3 is 1. The number of amides is 3. The van der Waals surface area contributed by atoms with Gasteiger partial charge < -0.3 is 30.5 Å². The number of rotatable bonds is 11. The standard InChI is InChI=1S/C28H37N3O7/c1-18(32)23(26(35)37-5)31-25(34)21(16-19-12-8-6-9-13-19)29-24(33)22(17-20-14-10-7-11-15-20)30-27(36)38-28(2,3)4/h6-15,18,21-23,32H,16-17H2,1-5H3,(H,29,33)(H,30,36)(H,31,34)/t18-,21+,22-,23-/m1/s1.